The second-order valence-electron chi connectivity index (χ2n) is 8.47. The molecule has 0 radical (unpaired) electrons. The second kappa shape index (κ2) is 18.0. The zero-order chi connectivity index (χ0) is 25.2. The molecule has 0 bridgehead atoms. The number of hydrogen-bond acceptors (Lipinski definition) is 4. The maximum atomic E-state index is 12.4. The smallest absolute Gasteiger partial charge is 0.220 e. The van der Waals surface area contributed by atoms with Crippen LogP contribution in [0.4, 0.5) is 4.39 Å². The minimum Gasteiger partial charge on any atom is -0.502 e. The van der Waals surface area contributed by atoms with Gasteiger partial charge in [0.25, 0.3) is 0 Å². The Balaban J connectivity index is 0.000000404. The van der Waals surface area contributed by atoms with E-state index in [0.29, 0.717) is 25.6 Å². The van der Waals surface area contributed by atoms with Crippen LogP contribution < -0.4 is 5.32 Å². The van der Waals surface area contributed by atoms with Crippen molar-refractivity contribution in [1.82, 2.24) is 5.32 Å². The molecule has 0 aromatic heterocycles. The molecule has 0 heterocycles. The highest BCUT2D eigenvalue weighted by Gasteiger charge is 2.28. The first-order chi connectivity index (χ1) is 16.4. The summed E-state index contributed by atoms with van der Waals surface area (Å²) in [6.45, 7) is 8.29. The van der Waals surface area contributed by atoms with Crippen LogP contribution in [0.5, 0.6) is 0 Å². The Kier molecular flexibility index (Phi) is 15.6. The van der Waals surface area contributed by atoms with E-state index in [4.69, 9.17) is 9.47 Å². The van der Waals surface area contributed by atoms with E-state index in [1.54, 1.807) is 25.3 Å². The number of hydrogen-bond donors (Lipinski definition) is 2. The van der Waals surface area contributed by atoms with E-state index in [9.17, 15) is 14.3 Å². The number of allylic oxidation sites excluding steroid dienone is 3. The monoisotopic (exact) mass is 475 g/mol. The van der Waals surface area contributed by atoms with Crippen molar-refractivity contribution in [3.05, 3.63) is 72.3 Å². The fraction of sp³-hybridized carbons (Fsp3) is 0.536. The lowest BCUT2D eigenvalue weighted by molar-refractivity contribution is -0.121. The van der Waals surface area contributed by atoms with Crippen molar-refractivity contribution in [1.29, 1.82) is 0 Å². The van der Waals surface area contributed by atoms with Gasteiger partial charge in [0.05, 0.1) is 38.2 Å². The van der Waals surface area contributed by atoms with Gasteiger partial charge in [-0.05, 0) is 75.1 Å². The highest BCUT2D eigenvalue weighted by Crippen LogP contribution is 2.34. The van der Waals surface area contributed by atoms with Crippen molar-refractivity contribution < 1.29 is 23.8 Å². The first-order valence-corrected chi connectivity index (χ1v) is 12.2. The van der Waals surface area contributed by atoms with Gasteiger partial charge in [0.2, 0.25) is 5.91 Å². The fourth-order valence-electron chi connectivity index (χ4n) is 3.19. The molecule has 190 valence electrons. The van der Waals surface area contributed by atoms with E-state index < -0.39 is 0 Å². The molecule has 1 aromatic carbocycles. The number of ether oxygens (including phenoxy) is 2. The highest BCUT2D eigenvalue weighted by molar-refractivity contribution is 5.76. The third-order valence-corrected chi connectivity index (χ3v) is 5.45. The van der Waals surface area contributed by atoms with Crippen LogP contribution in [0.25, 0.3) is 0 Å². The summed E-state index contributed by atoms with van der Waals surface area (Å²) in [7, 11) is 1.63. The summed E-state index contributed by atoms with van der Waals surface area (Å²) >= 11 is 0. The minimum atomic E-state index is -0.220. The largest absolute Gasteiger partial charge is 0.502 e. The molecule has 5 nitrogen and oxygen atoms in total. The van der Waals surface area contributed by atoms with Gasteiger partial charge in [-0.25, -0.2) is 4.39 Å². The van der Waals surface area contributed by atoms with Gasteiger partial charge < -0.3 is 19.9 Å². The van der Waals surface area contributed by atoms with Gasteiger partial charge in [-0.15, -0.1) is 6.58 Å². The summed E-state index contributed by atoms with van der Waals surface area (Å²) in [5.41, 5.74) is 0.971. The first kappa shape index (κ1) is 29.6. The molecular formula is C28H42FNO4. The zero-order valence-electron chi connectivity index (χ0n) is 21.0. The average molecular weight is 476 g/mol. The third kappa shape index (κ3) is 14.7. The van der Waals surface area contributed by atoms with Crippen LogP contribution in [-0.4, -0.2) is 36.9 Å². The van der Waals surface area contributed by atoms with Crippen LogP contribution in [-0.2, 0) is 20.9 Å². The van der Waals surface area contributed by atoms with Gasteiger partial charge in [0.1, 0.15) is 5.82 Å². The molecule has 1 amide bonds. The number of rotatable bonds is 15. The Morgan fingerprint density at radius 2 is 1.88 bits per heavy atom. The van der Waals surface area contributed by atoms with E-state index in [0.717, 1.165) is 37.0 Å². The number of carbonyl (C=O) groups excluding carboxylic acids is 1. The van der Waals surface area contributed by atoms with Crippen LogP contribution in [0.1, 0.15) is 64.4 Å². The van der Waals surface area contributed by atoms with E-state index in [1.807, 2.05) is 19.9 Å². The number of nitrogens with one attached hydrogen (secondary N) is 1. The molecule has 1 aliphatic carbocycles. The molecule has 0 aliphatic heterocycles. The number of aliphatic hydroxyl groups excluding tert-OH is 1. The molecule has 1 aliphatic rings. The predicted octanol–water partition coefficient (Wildman–Crippen LogP) is 5.85. The second-order valence-corrected chi connectivity index (χ2v) is 8.47. The van der Waals surface area contributed by atoms with Crippen molar-refractivity contribution in [2.45, 2.75) is 77.5 Å². The quantitative estimate of drug-likeness (QED) is 0.190. The maximum Gasteiger partial charge on any atom is 0.220 e. The first-order valence-electron chi connectivity index (χ1n) is 12.2. The lowest BCUT2D eigenvalue weighted by Gasteiger charge is -2.15. The zero-order valence-corrected chi connectivity index (χ0v) is 21.0. The Bertz CT molecular complexity index is 756. The molecule has 0 spiro atoms. The summed E-state index contributed by atoms with van der Waals surface area (Å²) in [5, 5.41) is 12.8. The predicted molar refractivity (Wildman–Crippen MR) is 136 cm³/mol. The van der Waals surface area contributed by atoms with Crippen molar-refractivity contribution >= 4 is 5.91 Å². The van der Waals surface area contributed by atoms with Gasteiger partial charge in [-0.3, -0.25) is 4.79 Å². The molecule has 1 saturated carbocycles. The highest BCUT2D eigenvalue weighted by atomic mass is 19.1. The van der Waals surface area contributed by atoms with Crippen LogP contribution in [0.3, 0.4) is 0 Å². The summed E-state index contributed by atoms with van der Waals surface area (Å²) in [6, 6.07) is 6.27. The fourth-order valence-corrected chi connectivity index (χ4v) is 3.19. The standard InChI is InChI=1S/C18H31NO3.C10H11FO/c1-4-18(21)19-16(13-14(2)22-3)9-7-5-6-8-10-17(20)15-11-12-15;1-2-7-12-8-9-3-5-10(11)6-4-9/h5-6,13,15-17,20H,4,7-12H2,1-3H3,(H,19,21);2-6H,1,7-8H2/b6-5+,14-13+;. The number of amides is 1. The Labute approximate surface area is 204 Å². The molecular weight excluding hydrogens is 433 g/mol. The van der Waals surface area contributed by atoms with Gasteiger partial charge >= 0.3 is 0 Å². The lowest BCUT2D eigenvalue weighted by atomic mass is 10.1. The van der Waals surface area contributed by atoms with Crippen molar-refractivity contribution in [2.75, 3.05) is 13.7 Å². The number of methoxy groups -OCH3 is 1. The minimum absolute atomic E-state index is 0.00843. The van der Waals surface area contributed by atoms with Gasteiger partial charge in [-0.2, -0.15) is 0 Å². The third-order valence-electron chi connectivity index (χ3n) is 5.45. The van der Waals surface area contributed by atoms with E-state index in [2.05, 4.69) is 24.0 Å². The van der Waals surface area contributed by atoms with E-state index in [1.165, 1.54) is 25.0 Å². The van der Waals surface area contributed by atoms with Crippen molar-refractivity contribution in [3.8, 4) is 0 Å². The van der Waals surface area contributed by atoms with Crippen LogP contribution in [0.15, 0.2) is 60.9 Å². The molecule has 1 aromatic rings. The molecule has 2 atom stereocenters. The number of benzene rings is 1. The molecule has 2 unspecified atom stereocenters. The number of carbonyl (C=O) groups is 1. The van der Waals surface area contributed by atoms with Gasteiger partial charge in [0.15, 0.2) is 0 Å². The summed E-state index contributed by atoms with van der Waals surface area (Å²) in [4.78, 5) is 11.5. The van der Waals surface area contributed by atoms with E-state index in [-0.39, 0.29) is 23.9 Å². The molecule has 2 rings (SSSR count). The summed E-state index contributed by atoms with van der Waals surface area (Å²) < 4.78 is 22.7. The number of aliphatic hydroxyl groups is 1. The SMILES string of the molecule is C=CCOCc1ccc(F)cc1.CCC(=O)NC(/C=C(\C)OC)CC/C=C/CCC(O)C1CC1. The van der Waals surface area contributed by atoms with Gasteiger partial charge in [-0.1, -0.05) is 37.3 Å². The Morgan fingerprint density at radius 1 is 1.24 bits per heavy atom. The normalized spacial score (nSPS) is 15.3. The summed E-state index contributed by atoms with van der Waals surface area (Å²) in [6.07, 6.45) is 14.2. The van der Waals surface area contributed by atoms with Crippen LogP contribution in [0, 0.1) is 11.7 Å². The lowest BCUT2D eigenvalue weighted by Crippen LogP contribution is -2.33. The topological polar surface area (TPSA) is 67.8 Å². The van der Waals surface area contributed by atoms with E-state index >= 15 is 0 Å². The van der Waals surface area contributed by atoms with Crippen molar-refractivity contribution in [3.63, 3.8) is 0 Å². The van der Waals surface area contributed by atoms with Crippen LogP contribution in [0.2, 0.25) is 0 Å². The molecule has 2 N–H and O–H groups in total. The van der Waals surface area contributed by atoms with Crippen LogP contribution >= 0.6 is 0 Å². The molecule has 34 heavy (non-hydrogen) atoms. The Morgan fingerprint density at radius 3 is 2.44 bits per heavy atom. The average Bonchev–Trinajstić information content (AvgIpc) is 3.68. The molecule has 6 heteroatoms. The maximum absolute atomic E-state index is 12.4. The van der Waals surface area contributed by atoms with Crippen molar-refractivity contribution in [2.24, 2.45) is 5.92 Å². The molecule has 0 saturated heterocycles. The molecule has 1 fully saturated rings. The number of halogens is 1. The van der Waals surface area contributed by atoms with Gasteiger partial charge in [0, 0.05) is 6.42 Å². The Hall–Kier alpha value is -2.44. The summed E-state index contributed by atoms with van der Waals surface area (Å²) in [5.74, 6) is 1.21.